The Bertz CT molecular complexity index is 813. The standard InChI is InChI=1S/C14H12ClF2N3O2S/c15-14-18-8-7-13(20-14)19-10-4-1-2-5-11(10)23(21,22)9-3-6-12(16)17/h1-8,12H,9H2,(H,18,19,20). The van der Waals surface area contributed by atoms with Crippen LogP contribution in [0.1, 0.15) is 0 Å². The number of nitrogens with one attached hydrogen (secondary N) is 1. The maximum atomic E-state index is 12.3. The molecule has 0 bridgehead atoms. The number of alkyl halides is 2. The highest BCUT2D eigenvalue weighted by Crippen LogP contribution is 2.25. The van der Waals surface area contributed by atoms with Crippen molar-refractivity contribution in [2.24, 2.45) is 0 Å². The molecule has 0 atom stereocenters. The average Bonchev–Trinajstić information content (AvgIpc) is 2.47. The minimum Gasteiger partial charge on any atom is -0.339 e. The molecule has 1 N–H and O–H groups in total. The molecule has 2 aromatic rings. The molecule has 0 saturated carbocycles. The lowest BCUT2D eigenvalue weighted by atomic mass is 10.3. The van der Waals surface area contributed by atoms with Gasteiger partial charge in [-0.05, 0) is 35.9 Å². The Morgan fingerprint density at radius 1 is 1.26 bits per heavy atom. The van der Waals surface area contributed by atoms with Crippen molar-refractivity contribution in [2.75, 3.05) is 11.1 Å². The summed E-state index contributed by atoms with van der Waals surface area (Å²) in [6, 6.07) is 7.63. The molecule has 1 heterocycles. The van der Waals surface area contributed by atoms with Crippen LogP contribution >= 0.6 is 11.6 Å². The van der Waals surface area contributed by atoms with Gasteiger partial charge in [0.05, 0.1) is 16.3 Å². The van der Waals surface area contributed by atoms with Crippen molar-refractivity contribution in [3.63, 3.8) is 0 Å². The molecule has 0 fully saturated rings. The maximum Gasteiger partial charge on any atom is 0.257 e. The third kappa shape index (κ3) is 4.97. The number of halogens is 3. The second-order valence-electron chi connectivity index (χ2n) is 4.38. The number of hydrogen-bond donors (Lipinski definition) is 1. The van der Waals surface area contributed by atoms with Crippen LogP contribution in [0.3, 0.4) is 0 Å². The summed E-state index contributed by atoms with van der Waals surface area (Å²) in [4.78, 5) is 7.62. The van der Waals surface area contributed by atoms with Crippen molar-refractivity contribution in [1.82, 2.24) is 9.97 Å². The number of hydrogen-bond acceptors (Lipinski definition) is 5. The number of aromatic nitrogens is 2. The summed E-state index contributed by atoms with van der Waals surface area (Å²) in [7, 11) is -3.78. The quantitative estimate of drug-likeness (QED) is 0.631. The number of rotatable bonds is 6. The molecule has 0 amide bonds. The van der Waals surface area contributed by atoms with E-state index in [9.17, 15) is 17.2 Å². The van der Waals surface area contributed by atoms with Gasteiger partial charge < -0.3 is 5.32 Å². The fourth-order valence-electron chi connectivity index (χ4n) is 1.76. The van der Waals surface area contributed by atoms with Gasteiger partial charge in [-0.3, -0.25) is 0 Å². The molecular weight excluding hydrogens is 348 g/mol. The van der Waals surface area contributed by atoms with Crippen LogP contribution in [0.15, 0.2) is 53.6 Å². The van der Waals surface area contributed by atoms with Gasteiger partial charge in [0.15, 0.2) is 9.84 Å². The molecule has 0 spiro atoms. The van der Waals surface area contributed by atoms with E-state index in [4.69, 9.17) is 11.6 Å². The second kappa shape index (κ2) is 7.47. The zero-order chi connectivity index (χ0) is 16.9. The first-order valence-corrected chi connectivity index (χ1v) is 8.44. The van der Waals surface area contributed by atoms with Crippen LogP contribution in [0, 0.1) is 0 Å². The molecule has 122 valence electrons. The van der Waals surface area contributed by atoms with Gasteiger partial charge in [-0.1, -0.05) is 18.2 Å². The zero-order valence-electron chi connectivity index (χ0n) is 11.7. The van der Waals surface area contributed by atoms with Gasteiger partial charge in [0.1, 0.15) is 5.82 Å². The molecule has 0 aliphatic carbocycles. The van der Waals surface area contributed by atoms with Gasteiger partial charge in [-0.25, -0.2) is 27.2 Å². The molecule has 9 heteroatoms. The minimum atomic E-state index is -3.78. The van der Waals surface area contributed by atoms with Crippen LogP contribution in [0.5, 0.6) is 0 Å². The van der Waals surface area contributed by atoms with E-state index >= 15 is 0 Å². The molecule has 0 saturated heterocycles. The Labute approximate surface area is 137 Å². The first kappa shape index (κ1) is 17.3. The van der Waals surface area contributed by atoms with Crippen LogP contribution in [0.25, 0.3) is 0 Å². The van der Waals surface area contributed by atoms with Crippen LogP contribution in [-0.4, -0.2) is 30.6 Å². The molecule has 0 aliphatic rings. The van der Waals surface area contributed by atoms with Crippen molar-refractivity contribution in [3.05, 3.63) is 54.0 Å². The number of nitrogens with zero attached hydrogens (tertiary/aromatic N) is 2. The number of allylic oxidation sites excluding steroid dienone is 1. The van der Waals surface area contributed by atoms with E-state index in [1.54, 1.807) is 18.2 Å². The van der Waals surface area contributed by atoms with Crippen molar-refractivity contribution >= 4 is 32.9 Å². The van der Waals surface area contributed by atoms with Crippen molar-refractivity contribution in [2.45, 2.75) is 11.3 Å². The smallest absolute Gasteiger partial charge is 0.257 e. The predicted octanol–water partition coefficient (Wildman–Crippen LogP) is 3.47. The molecule has 5 nitrogen and oxygen atoms in total. The summed E-state index contributed by atoms with van der Waals surface area (Å²) < 4.78 is 48.8. The molecule has 23 heavy (non-hydrogen) atoms. The van der Waals surface area contributed by atoms with Gasteiger partial charge in [0, 0.05) is 6.20 Å². The van der Waals surface area contributed by atoms with E-state index in [1.165, 1.54) is 18.3 Å². The van der Waals surface area contributed by atoms with Gasteiger partial charge in [0.2, 0.25) is 5.28 Å². The predicted molar refractivity (Wildman–Crippen MR) is 84.0 cm³/mol. The maximum absolute atomic E-state index is 12.3. The van der Waals surface area contributed by atoms with E-state index in [0.29, 0.717) is 11.9 Å². The largest absolute Gasteiger partial charge is 0.339 e. The van der Waals surface area contributed by atoms with Crippen LogP contribution in [0.4, 0.5) is 20.3 Å². The highest BCUT2D eigenvalue weighted by atomic mass is 35.5. The molecule has 0 aliphatic heterocycles. The van der Waals surface area contributed by atoms with E-state index in [2.05, 4.69) is 15.3 Å². The first-order chi connectivity index (χ1) is 10.9. The molecule has 1 aromatic carbocycles. The SMILES string of the molecule is O=S(=O)(CC=CC(F)F)c1ccccc1Nc1ccnc(Cl)n1. The van der Waals surface area contributed by atoms with E-state index in [-0.39, 0.29) is 15.9 Å². The average molecular weight is 360 g/mol. The second-order valence-corrected chi connectivity index (χ2v) is 6.72. The summed E-state index contributed by atoms with van der Waals surface area (Å²) in [6.45, 7) is 0. The van der Waals surface area contributed by atoms with Crippen molar-refractivity contribution < 1.29 is 17.2 Å². The lowest BCUT2D eigenvalue weighted by Gasteiger charge is -2.11. The third-order valence-corrected chi connectivity index (χ3v) is 4.55. The Hall–Kier alpha value is -2.06. The summed E-state index contributed by atoms with van der Waals surface area (Å²) in [5.74, 6) is -0.212. The van der Waals surface area contributed by atoms with Gasteiger partial charge in [-0.2, -0.15) is 0 Å². The summed E-state index contributed by atoms with van der Waals surface area (Å²) in [6.07, 6.45) is 0.192. The highest BCUT2D eigenvalue weighted by molar-refractivity contribution is 7.91. The Balaban J connectivity index is 2.30. The Kier molecular flexibility index (Phi) is 5.62. The molecule has 1 aromatic heterocycles. The van der Waals surface area contributed by atoms with Gasteiger partial charge in [-0.15, -0.1) is 0 Å². The van der Waals surface area contributed by atoms with E-state index < -0.39 is 22.0 Å². The van der Waals surface area contributed by atoms with Gasteiger partial charge >= 0.3 is 0 Å². The summed E-state index contributed by atoms with van der Waals surface area (Å²) >= 11 is 5.68. The molecule has 0 unspecified atom stereocenters. The van der Waals surface area contributed by atoms with Crippen LogP contribution in [-0.2, 0) is 9.84 Å². The van der Waals surface area contributed by atoms with Crippen LogP contribution in [0.2, 0.25) is 5.28 Å². The van der Waals surface area contributed by atoms with E-state index in [1.807, 2.05) is 0 Å². The summed E-state index contributed by atoms with van der Waals surface area (Å²) in [5, 5.41) is 2.84. The molecule has 0 radical (unpaired) electrons. The first-order valence-electron chi connectivity index (χ1n) is 6.40. The number of anilines is 2. The van der Waals surface area contributed by atoms with E-state index in [0.717, 1.165) is 6.08 Å². The summed E-state index contributed by atoms with van der Waals surface area (Å²) in [5.41, 5.74) is 0.271. The van der Waals surface area contributed by atoms with Crippen LogP contribution < -0.4 is 5.32 Å². The normalized spacial score (nSPS) is 12.0. The van der Waals surface area contributed by atoms with Crippen molar-refractivity contribution in [1.29, 1.82) is 0 Å². The topological polar surface area (TPSA) is 72.0 Å². The number of para-hydroxylation sites is 1. The fraction of sp³-hybridized carbons (Fsp3) is 0.143. The molecule has 2 rings (SSSR count). The monoisotopic (exact) mass is 359 g/mol. The minimum absolute atomic E-state index is 0.00945. The third-order valence-electron chi connectivity index (χ3n) is 2.71. The zero-order valence-corrected chi connectivity index (χ0v) is 13.2. The lowest BCUT2D eigenvalue weighted by Crippen LogP contribution is -2.08. The molecular formula is C14H12ClF2N3O2S. The highest BCUT2D eigenvalue weighted by Gasteiger charge is 2.17. The Morgan fingerprint density at radius 3 is 2.70 bits per heavy atom. The number of benzene rings is 1. The van der Waals surface area contributed by atoms with Crippen molar-refractivity contribution in [3.8, 4) is 0 Å². The van der Waals surface area contributed by atoms with Gasteiger partial charge in [0.25, 0.3) is 6.43 Å². The number of sulfone groups is 1. The fourth-order valence-corrected chi connectivity index (χ4v) is 3.19. The lowest BCUT2D eigenvalue weighted by molar-refractivity contribution is 0.204. The Morgan fingerprint density at radius 2 is 2.00 bits per heavy atom.